The van der Waals surface area contributed by atoms with Crippen LogP contribution in [0.15, 0.2) is 134 Å². The summed E-state index contributed by atoms with van der Waals surface area (Å²) >= 11 is 0. The van der Waals surface area contributed by atoms with Crippen LogP contribution in [0, 0.1) is 0 Å². The van der Waals surface area contributed by atoms with Crippen molar-refractivity contribution in [2.24, 2.45) is 0 Å². The molecule has 0 saturated carbocycles. The van der Waals surface area contributed by atoms with Gasteiger partial charge >= 0.3 is 0 Å². The average Bonchev–Trinajstić information content (AvgIpc) is 3.58. The highest BCUT2D eigenvalue weighted by molar-refractivity contribution is 6.91. The van der Waals surface area contributed by atoms with Gasteiger partial charge < -0.3 is 14.4 Å². The number of hydrogen-bond donors (Lipinski definition) is 0. The van der Waals surface area contributed by atoms with Crippen LogP contribution in [-0.2, 0) is 0 Å². The van der Waals surface area contributed by atoms with Crippen LogP contribution in [0.1, 0.15) is 17.5 Å². The molecule has 10 rings (SSSR count). The van der Waals surface area contributed by atoms with Crippen molar-refractivity contribution in [2.45, 2.75) is 12.0 Å². The third-order valence-electron chi connectivity index (χ3n) is 9.52. The molecule has 2 aromatic heterocycles. The minimum absolute atomic E-state index is 0.00517. The fraction of sp³-hybridized carbons (Fsp3) is 0.0556. The Hall–Kier alpha value is -5.36. The fourth-order valence-corrected chi connectivity index (χ4v) is 8.06. The molecule has 42 heavy (non-hydrogen) atoms. The van der Waals surface area contributed by atoms with Crippen molar-refractivity contribution in [1.29, 1.82) is 0 Å². The van der Waals surface area contributed by atoms with Crippen molar-refractivity contribution in [3.05, 3.63) is 139 Å². The molecule has 5 heterocycles. The van der Waals surface area contributed by atoms with Gasteiger partial charge in [-0.3, -0.25) is 0 Å². The lowest BCUT2D eigenvalue weighted by Gasteiger charge is -2.44. The van der Waals surface area contributed by atoms with E-state index in [-0.39, 0.29) is 18.7 Å². The highest BCUT2D eigenvalue weighted by Gasteiger charge is 2.55. The number of anilines is 5. The largest absolute Gasteiger partial charge is 0.319 e. The summed E-state index contributed by atoms with van der Waals surface area (Å²) in [5, 5.41) is 2.59. The summed E-state index contributed by atoms with van der Waals surface area (Å²) in [5.74, 6) is 1.11. The third kappa shape index (κ3) is 2.69. The quantitative estimate of drug-likeness (QED) is 0.224. The smallest absolute Gasteiger partial charge is 0.229 e. The molecule has 0 fully saturated rings. The number of hydrogen-bond acceptors (Lipinski definition) is 4. The normalized spacial score (nSPS) is 17.9. The van der Waals surface area contributed by atoms with Gasteiger partial charge in [0, 0.05) is 56.6 Å². The monoisotopic (exact) mass is 537 g/mol. The summed E-state index contributed by atoms with van der Waals surface area (Å²) in [6.07, 6.45) is 3.76. The van der Waals surface area contributed by atoms with Crippen LogP contribution in [0.25, 0.3) is 21.8 Å². The van der Waals surface area contributed by atoms with E-state index in [0.717, 1.165) is 11.5 Å². The van der Waals surface area contributed by atoms with Gasteiger partial charge in [0.1, 0.15) is 18.3 Å². The molecule has 0 bridgehead atoms. The number of fused-ring (bicyclic) bond motifs is 10. The minimum Gasteiger partial charge on any atom is -0.319 e. The molecule has 3 aliphatic heterocycles. The van der Waals surface area contributed by atoms with E-state index < -0.39 is 0 Å². The molecule has 0 spiro atoms. The predicted molar refractivity (Wildman–Crippen MR) is 172 cm³/mol. The van der Waals surface area contributed by atoms with E-state index in [4.69, 9.17) is 4.98 Å². The van der Waals surface area contributed by atoms with Crippen LogP contribution in [0.3, 0.4) is 0 Å². The summed E-state index contributed by atoms with van der Waals surface area (Å²) < 4.78 is 2.61. The van der Waals surface area contributed by atoms with Gasteiger partial charge in [0.25, 0.3) is 0 Å². The van der Waals surface area contributed by atoms with E-state index in [9.17, 15) is 0 Å². The van der Waals surface area contributed by atoms with Gasteiger partial charge in [0.2, 0.25) is 6.71 Å². The van der Waals surface area contributed by atoms with Crippen molar-refractivity contribution < 1.29 is 0 Å². The van der Waals surface area contributed by atoms with Gasteiger partial charge in [0.15, 0.2) is 0 Å². The van der Waals surface area contributed by atoms with E-state index >= 15 is 0 Å². The average molecular weight is 537 g/mol. The maximum absolute atomic E-state index is 4.95. The molecule has 196 valence electrons. The number of para-hydroxylation sites is 4. The Kier molecular flexibility index (Phi) is 4.31. The maximum Gasteiger partial charge on any atom is 0.229 e. The third-order valence-corrected chi connectivity index (χ3v) is 9.52. The first kappa shape index (κ1) is 22.3. The maximum atomic E-state index is 4.95. The standard InChI is InChI=1S/C36H24BN5/c1-3-11-23(12-4-1)40-30-18-10-8-16-28(30)37-32-27-21-38-22-39-35(27)41(24-13-5-2-6-14-24)36(32)42-29-17-9-7-15-25(29)26-19-20-31(40)33(37)34(26)42/h1-22,32,36H. The summed E-state index contributed by atoms with van der Waals surface area (Å²) in [7, 11) is 0. The lowest BCUT2D eigenvalue weighted by Crippen LogP contribution is -2.58. The minimum atomic E-state index is 0.00517. The number of aromatic nitrogens is 3. The number of rotatable bonds is 2. The Labute approximate surface area is 243 Å². The topological polar surface area (TPSA) is 37.2 Å². The molecule has 0 saturated heterocycles. The van der Waals surface area contributed by atoms with Gasteiger partial charge in [0.05, 0.1) is 5.52 Å². The van der Waals surface area contributed by atoms with Gasteiger partial charge in [-0.25, -0.2) is 9.97 Å². The Balaban J connectivity index is 1.39. The van der Waals surface area contributed by atoms with E-state index in [2.05, 4.69) is 147 Å². The van der Waals surface area contributed by atoms with E-state index in [1.807, 2.05) is 0 Å². The summed E-state index contributed by atoms with van der Waals surface area (Å²) in [6.45, 7) is 0.139. The molecule has 3 aliphatic rings. The van der Waals surface area contributed by atoms with Crippen LogP contribution < -0.4 is 20.7 Å². The fourth-order valence-electron chi connectivity index (χ4n) is 8.06. The zero-order valence-corrected chi connectivity index (χ0v) is 22.7. The highest BCUT2D eigenvalue weighted by Crippen LogP contribution is 2.56. The predicted octanol–water partition coefficient (Wildman–Crippen LogP) is 6.96. The second kappa shape index (κ2) is 8.11. The Morgan fingerprint density at radius 2 is 1.38 bits per heavy atom. The first-order valence-electron chi connectivity index (χ1n) is 14.5. The second-order valence-corrected chi connectivity index (χ2v) is 11.4. The lowest BCUT2D eigenvalue weighted by molar-refractivity contribution is 0.540. The van der Waals surface area contributed by atoms with Crippen molar-refractivity contribution in [3.8, 4) is 0 Å². The SMILES string of the molecule is c1ccc(N2c3ccccc3B3c4c2ccc2c5ccccc5n(c42)C2C3c3cncnc3N2c2ccccc2)cc1. The molecule has 2 atom stereocenters. The van der Waals surface area contributed by atoms with Crippen LogP contribution in [0.2, 0.25) is 0 Å². The van der Waals surface area contributed by atoms with Gasteiger partial charge in [-0.05, 0) is 53.4 Å². The van der Waals surface area contributed by atoms with Gasteiger partial charge in [-0.15, -0.1) is 0 Å². The zero-order chi connectivity index (χ0) is 27.4. The molecule has 5 aromatic carbocycles. The summed E-state index contributed by atoms with van der Waals surface area (Å²) in [5.41, 5.74) is 11.3. The molecule has 0 N–H and O–H groups in total. The first-order valence-corrected chi connectivity index (χ1v) is 14.5. The Bertz CT molecular complexity index is 2190. The summed E-state index contributed by atoms with van der Waals surface area (Å²) in [6, 6.07) is 44.0. The molecular formula is C36H24BN5. The Morgan fingerprint density at radius 1 is 0.643 bits per heavy atom. The van der Waals surface area contributed by atoms with Crippen LogP contribution >= 0.6 is 0 Å². The molecule has 0 radical (unpaired) electrons. The van der Waals surface area contributed by atoms with Crippen molar-refractivity contribution in [1.82, 2.24) is 14.5 Å². The molecule has 2 unspecified atom stereocenters. The van der Waals surface area contributed by atoms with Gasteiger partial charge in [-0.1, -0.05) is 78.9 Å². The van der Waals surface area contributed by atoms with E-state index in [0.29, 0.717) is 0 Å². The van der Waals surface area contributed by atoms with Gasteiger partial charge in [-0.2, -0.15) is 0 Å². The molecular weight excluding hydrogens is 513 g/mol. The lowest BCUT2D eigenvalue weighted by atomic mass is 9.30. The summed E-state index contributed by atoms with van der Waals surface area (Å²) in [4.78, 5) is 14.5. The number of nitrogens with zero attached hydrogens (tertiary/aromatic N) is 5. The highest BCUT2D eigenvalue weighted by atomic mass is 15.4. The molecule has 7 aromatic rings. The molecule has 0 aliphatic carbocycles. The van der Waals surface area contributed by atoms with Crippen LogP contribution in [0.5, 0.6) is 0 Å². The zero-order valence-electron chi connectivity index (χ0n) is 22.7. The van der Waals surface area contributed by atoms with E-state index in [1.54, 1.807) is 6.33 Å². The molecule has 0 amide bonds. The Morgan fingerprint density at radius 3 is 2.24 bits per heavy atom. The number of benzene rings is 5. The van der Waals surface area contributed by atoms with Crippen LogP contribution in [-0.4, -0.2) is 21.2 Å². The van der Waals surface area contributed by atoms with E-state index in [1.165, 1.54) is 55.4 Å². The first-order chi connectivity index (χ1) is 20.9. The van der Waals surface area contributed by atoms with Crippen molar-refractivity contribution in [2.75, 3.05) is 9.80 Å². The van der Waals surface area contributed by atoms with Crippen LogP contribution in [0.4, 0.5) is 28.6 Å². The molecule has 5 nitrogen and oxygen atoms in total. The molecule has 6 heteroatoms. The van der Waals surface area contributed by atoms with Crippen molar-refractivity contribution in [3.63, 3.8) is 0 Å². The van der Waals surface area contributed by atoms with Crippen molar-refractivity contribution >= 4 is 68.0 Å². The second-order valence-electron chi connectivity index (χ2n) is 11.4.